The van der Waals surface area contributed by atoms with Crippen molar-refractivity contribution in [1.29, 1.82) is 0 Å². The van der Waals surface area contributed by atoms with Crippen molar-refractivity contribution in [3.05, 3.63) is 29.8 Å². The number of urea groups is 1. The Morgan fingerprint density at radius 1 is 1.19 bits per heavy atom. The molecule has 1 saturated carbocycles. The summed E-state index contributed by atoms with van der Waals surface area (Å²) in [7, 11) is 0. The molecule has 2 unspecified atom stereocenters. The van der Waals surface area contributed by atoms with Crippen LogP contribution in [0.5, 0.6) is 5.75 Å². The fourth-order valence-corrected chi connectivity index (χ4v) is 2.37. The van der Waals surface area contributed by atoms with Crippen LogP contribution in [0.2, 0.25) is 0 Å². The molecule has 1 fully saturated rings. The summed E-state index contributed by atoms with van der Waals surface area (Å²) in [6, 6.07) is 7.98. The molecule has 1 aliphatic rings. The topological polar surface area (TPSA) is 50.4 Å². The standard InChI is InChI=1S/C17H26N2O2/c1-11(2)21-16-7-5-6-15(10-16)13(4)19-17(20)18-12(3)14-8-9-14/h5-7,10-14H,8-9H2,1-4H3,(H2,18,19,20). The first-order valence-corrected chi connectivity index (χ1v) is 7.79. The fourth-order valence-electron chi connectivity index (χ4n) is 2.37. The Bertz CT molecular complexity index is 483. The van der Waals surface area contributed by atoms with Crippen molar-refractivity contribution in [2.24, 2.45) is 5.92 Å². The van der Waals surface area contributed by atoms with Gasteiger partial charge in [-0.05, 0) is 64.2 Å². The molecule has 2 amide bonds. The van der Waals surface area contributed by atoms with E-state index in [0.29, 0.717) is 5.92 Å². The van der Waals surface area contributed by atoms with Gasteiger partial charge in [0.15, 0.2) is 0 Å². The third-order valence-corrected chi connectivity index (χ3v) is 3.77. The van der Waals surface area contributed by atoms with Gasteiger partial charge in [0, 0.05) is 6.04 Å². The molecule has 116 valence electrons. The number of benzene rings is 1. The lowest BCUT2D eigenvalue weighted by Crippen LogP contribution is -2.42. The Balaban J connectivity index is 1.89. The van der Waals surface area contributed by atoms with Crippen molar-refractivity contribution in [3.8, 4) is 5.75 Å². The van der Waals surface area contributed by atoms with Gasteiger partial charge in [0.25, 0.3) is 0 Å². The number of carbonyl (C=O) groups excluding carboxylic acids is 1. The molecule has 1 aromatic rings. The summed E-state index contributed by atoms with van der Waals surface area (Å²) in [5.41, 5.74) is 1.04. The summed E-state index contributed by atoms with van der Waals surface area (Å²) in [4.78, 5) is 12.0. The highest BCUT2D eigenvalue weighted by Crippen LogP contribution is 2.32. The molecule has 1 aromatic carbocycles. The van der Waals surface area contributed by atoms with Gasteiger partial charge in [-0.1, -0.05) is 12.1 Å². The molecule has 21 heavy (non-hydrogen) atoms. The molecular formula is C17H26N2O2. The van der Waals surface area contributed by atoms with Crippen LogP contribution in [0, 0.1) is 5.92 Å². The molecular weight excluding hydrogens is 264 g/mol. The lowest BCUT2D eigenvalue weighted by Gasteiger charge is -2.19. The number of hydrogen-bond acceptors (Lipinski definition) is 2. The summed E-state index contributed by atoms with van der Waals surface area (Å²) in [6.07, 6.45) is 2.60. The zero-order valence-corrected chi connectivity index (χ0v) is 13.3. The van der Waals surface area contributed by atoms with Gasteiger partial charge in [0.05, 0.1) is 12.1 Å². The van der Waals surface area contributed by atoms with Gasteiger partial charge in [-0.3, -0.25) is 0 Å². The van der Waals surface area contributed by atoms with Crippen molar-refractivity contribution in [2.75, 3.05) is 0 Å². The average Bonchev–Trinajstić information content (AvgIpc) is 3.22. The molecule has 0 spiro atoms. The zero-order chi connectivity index (χ0) is 15.4. The van der Waals surface area contributed by atoms with Crippen molar-refractivity contribution in [3.63, 3.8) is 0 Å². The van der Waals surface area contributed by atoms with Crippen LogP contribution in [-0.4, -0.2) is 18.2 Å². The summed E-state index contributed by atoms with van der Waals surface area (Å²) in [6.45, 7) is 8.05. The second-order valence-corrected chi connectivity index (χ2v) is 6.20. The van der Waals surface area contributed by atoms with Crippen LogP contribution in [-0.2, 0) is 0 Å². The van der Waals surface area contributed by atoms with Crippen molar-refractivity contribution >= 4 is 6.03 Å². The Morgan fingerprint density at radius 3 is 2.52 bits per heavy atom. The van der Waals surface area contributed by atoms with E-state index in [1.165, 1.54) is 12.8 Å². The van der Waals surface area contributed by atoms with Crippen molar-refractivity contribution in [2.45, 2.75) is 58.7 Å². The van der Waals surface area contributed by atoms with E-state index in [-0.39, 0.29) is 24.2 Å². The number of amides is 2. The Labute approximate surface area is 127 Å². The smallest absolute Gasteiger partial charge is 0.315 e. The highest BCUT2D eigenvalue weighted by Gasteiger charge is 2.29. The predicted molar refractivity (Wildman–Crippen MR) is 84.5 cm³/mol. The Hall–Kier alpha value is -1.71. The molecule has 1 aliphatic carbocycles. The van der Waals surface area contributed by atoms with Gasteiger partial charge in [-0.15, -0.1) is 0 Å². The van der Waals surface area contributed by atoms with Crippen LogP contribution < -0.4 is 15.4 Å². The van der Waals surface area contributed by atoms with Gasteiger partial charge in [0.1, 0.15) is 5.75 Å². The summed E-state index contributed by atoms with van der Waals surface area (Å²) in [5.74, 6) is 1.50. The van der Waals surface area contributed by atoms with E-state index >= 15 is 0 Å². The first-order chi connectivity index (χ1) is 9.95. The molecule has 0 saturated heterocycles. The van der Waals surface area contributed by atoms with E-state index in [9.17, 15) is 4.79 Å². The molecule has 0 aromatic heterocycles. The van der Waals surface area contributed by atoms with Gasteiger partial charge in [0.2, 0.25) is 0 Å². The quantitative estimate of drug-likeness (QED) is 0.840. The summed E-state index contributed by atoms with van der Waals surface area (Å²) in [5, 5.41) is 5.99. The largest absolute Gasteiger partial charge is 0.491 e. The maximum absolute atomic E-state index is 12.0. The minimum atomic E-state index is -0.0999. The molecule has 0 aliphatic heterocycles. The minimum Gasteiger partial charge on any atom is -0.491 e. The lowest BCUT2D eigenvalue weighted by molar-refractivity contribution is 0.232. The first kappa shape index (κ1) is 15.7. The fraction of sp³-hybridized carbons (Fsp3) is 0.588. The minimum absolute atomic E-state index is 0.0490. The number of hydrogen-bond donors (Lipinski definition) is 2. The summed E-state index contributed by atoms with van der Waals surface area (Å²) < 4.78 is 5.69. The van der Waals surface area contributed by atoms with Crippen LogP contribution in [0.1, 0.15) is 52.1 Å². The molecule has 4 heteroatoms. The highest BCUT2D eigenvalue weighted by molar-refractivity contribution is 5.74. The zero-order valence-electron chi connectivity index (χ0n) is 13.3. The second-order valence-electron chi connectivity index (χ2n) is 6.20. The van der Waals surface area contributed by atoms with Crippen LogP contribution in [0.3, 0.4) is 0 Å². The Morgan fingerprint density at radius 2 is 1.90 bits per heavy atom. The van der Waals surface area contributed by atoms with Crippen molar-refractivity contribution in [1.82, 2.24) is 10.6 Å². The monoisotopic (exact) mass is 290 g/mol. The SMILES string of the molecule is CC(C)Oc1cccc(C(C)NC(=O)NC(C)C2CC2)c1. The van der Waals surface area contributed by atoms with E-state index in [1.54, 1.807) is 0 Å². The molecule has 0 radical (unpaired) electrons. The molecule has 2 atom stereocenters. The van der Waals surface area contributed by atoms with Crippen molar-refractivity contribution < 1.29 is 9.53 Å². The number of ether oxygens (including phenoxy) is 1. The number of carbonyl (C=O) groups is 1. The number of rotatable bonds is 6. The predicted octanol–water partition coefficient (Wildman–Crippen LogP) is 3.63. The molecule has 2 rings (SSSR count). The van der Waals surface area contributed by atoms with E-state index in [2.05, 4.69) is 17.6 Å². The average molecular weight is 290 g/mol. The maximum atomic E-state index is 12.0. The van der Waals surface area contributed by atoms with Crippen LogP contribution in [0.4, 0.5) is 4.79 Å². The van der Waals surface area contributed by atoms with Crippen LogP contribution in [0.25, 0.3) is 0 Å². The van der Waals surface area contributed by atoms with Gasteiger partial charge < -0.3 is 15.4 Å². The highest BCUT2D eigenvalue weighted by atomic mass is 16.5. The molecule has 0 heterocycles. The van der Waals surface area contributed by atoms with Gasteiger partial charge >= 0.3 is 6.03 Å². The normalized spacial score (nSPS) is 17.2. The lowest BCUT2D eigenvalue weighted by atomic mass is 10.1. The third-order valence-electron chi connectivity index (χ3n) is 3.77. The molecule has 2 N–H and O–H groups in total. The maximum Gasteiger partial charge on any atom is 0.315 e. The third kappa shape index (κ3) is 4.96. The van der Waals surface area contributed by atoms with Gasteiger partial charge in [-0.2, -0.15) is 0 Å². The molecule has 0 bridgehead atoms. The van der Waals surface area contributed by atoms with E-state index in [4.69, 9.17) is 4.74 Å². The summed E-state index contributed by atoms with van der Waals surface area (Å²) >= 11 is 0. The first-order valence-electron chi connectivity index (χ1n) is 7.79. The molecule has 4 nitrogen and oxygen atoms in total. The Kier molecular flexibility index (Phi) is 5.10. The number of nitrogens with one attached hydrogen (secondary N) is 2. The van der Waals surface area contributed by atoms with E-state index in [1.807, 2.05) is 45.0 Å². The second kappa shape index (κ2) is 6.83. The van der Waals surface area contributed by atoms with E-state index < -0.39 is 0 Å². The van der Waals surface area contributed by atoms with Crippen LogP contribution >= 0.6 is 0 Å². The van der Waals surface area contributed by atoms with E-state index in [0.717, 1.165) is 11.3 Å². The van der Waals surface area contributed by atoms with Gasteiger partial charge in [-0.25, -0.2) is 4.79 Å². The van der Waals surface area contributed by atoms with Crippen LogP contribution in [0.15, 0.2) is 24.3 Å².